The Hall–Kier alpha value is -1.02. The predicted octanol–water partition coefficient (Wildman–Crippen LogP) is 3.91. The van der Waals surface area contributed by atoms with Gasteiger partial charge in [0.25, 0.3) is 0 Å². The molecule has 0 saturated heterocycles. The summed E-state index contributed by atoms with van der Waals surface area (Å²) >= 11 is 0. The van der Waals surface area contributed by atoms with Crippen molar-refractivity contribution in [1.29, 1.82) is 0 Å². The van der Waals surface area contributed by atoms with Crippen molar-refractivity contribution in [3.63, 3.8) is 0 Å². The summed E-state index contributed by atoms with van der Waals surface area (Å²) in [5.74, 6) is 1.60. The zero-order chi connectivity index (χ0) is 12.8. The standard InChI is InChI=1S/C15H25NO/c1-5-15(16)13-6-8-14(9-7-13)17-12(4)10-11(2)3/h6-9,11-12,15H,5,10,16H2,1-4H3/t12?,15-/m0/s1. The van der Waals surface area contributed by atoms with Gasteiger partial charge in [-0.3, -0.25) is 0 Å². The van der Waals surface area contributed by atoms with Gasteiger partial charge in [-0.1, -0.05) is 32.9 Å². The van der Waals surface area contributed by atoms with Crippen LogP contribution in [0.15, 0.2) is 24.3 Å². The van der Waals surface area contributed by atoms with E-state index >= 15 is 0 Å². The highest BCUT2D eigenvalue weighted by Crippen LogP contribution is 2.20. The molecule has 0 fully saturated rings. The van der Waals surface area contributed by atoms with E-state index in [2.05, 4.69) is 39.8 Å². The van der Waals surface area contributed by atoms with Gasteiger partial charge in [0, 0.05) is 6.04 Å². The second-order valence-electron chi connectivity index (χ2n) is 5.14. The largest absolute Gasteiger partial charge is 0.491 e. The molecule has 0 amide bonds. The summed E-state index contributed by atoms with van der Waals surface area (Å²) in [5, 5.41) is 0. The Morgan fingerprint density at radius 2 is 1.71 bits per heavy atom. The highest BCUT2D eigenvalue weighted by molar-refractivity contribution is 5.29. The van der Waals surface area contributed by atoms with Crippen LogP contribution in [-0.4, -0.2) is 6.10 Å². The summed E-state index contributed by atoms with van der Waals surface area (Å²) in [4.78, 5) is 0. The van der Waals surface area contributed by atoms with Gasteiger partial charge in [0.1, 0.15) is 5.75 Å². The summed E-state index contributed by atoms with van der Waals surface area (Å²) in [7, 11) is 0. The first-order valence-electron chi connectivity index (χ1n) is 6.55. The molecule has 0 aliphatic heterocycles. The fourth-order valence-corrected chi connectivity index (χ4v) is 1.97. The Morgan fingerprint density at radius 3 is 2.18 bits per heavy atom. The van der Waals surface area contributed by atoms with Crippen molar-refractivity contribution in [2.75, 3.05) is 0 Å². The van der Waals surface area contributed by atoms with Crippen molar-refractivity contribution in [1.82, 2.24) is 0 Å². The number of ether oxygens (including phenoxy) is 1. The number of rotatable bonds is 6. The van der Waals surface area contributed by atoms with Crippen LogP contribution in [0.3, 0.4) is 0 Å². The summed E-state index contributed by atoms with van der Waals surface area (Å²) in [6, 6.07) is 8.29. The van der Waals surface area contributed by atoms with Crippen LogP contribution in [0.1, 0.15) is 52.1 Å². The zero-order valence-electron chi connectivity index (χ0n) is 11.4. The van der Waals surface area contributed by atoms with Gasteiger partial charge in [-0.25, -0.2) is 0 Å². The molecule has 0 radical (unpaired) electrons. The molecule has 2 heteroatoms. The zero-order valence-corrected chi connectivity index (χ0v) is 11.4. The molecule has 0 aliphatic carbocycles. The van der Waals surface area contributed by atoms with E-state index in [9.17, 15) is 0 Å². The van der Waals surface area contributed by atoms with E-state index in [0.29, 0.717) is 5.92 Å². The van der Waals surface area contributed by atoms with Gasteiger partial charge in [-0.2, -0.15) is 0 Å². The Bertz CT molecular complexity index is 318. The molecule has 0 aromatic heterocycles. The van der Waals surface area contributed by atoms with Gasteiger partial charge >= 0.3 is 0 Å². The molecule has 1 unspecified atom stereocenters. The van der Waals surface area contributed by atoms with Crippen LogP contribution in [0.5, 0.6) is 5.75 Å². The molecule has 0 aliphatic rings. The van der Waals surface area contributed by atoms with Crippen molar-refractivity contribution in [2.24, 2.45) is 11.7 Å². The molecular formula is C15H25NO. The van der Waals surface area contributed by atoms with Crippen LogP contribution in [-0.2, 0) is 0 Å². The number of nitrogens with two attached hydrogens (primary N) is 1. The molecule has 2 atom stereocenters. The topological polar surface area (TPSA) is 35.2 Å². The molecular weight excluding hydrogens is 210 g/mol. The van der Waals surface area contributed by atoms with E-state index in [-0.39, 0.29) is 12.1 Å². The van der Waals surface area contributed by atoms with Crippen molar-refractivity contribution >= 4 is 0 Å². The van der Waals surface area contributed by atoms with Crippen molar-refractivity contribution in [2.45, 2.75) is 52.7 Å². The third kappa shape index (κ3) is 4.78. The maximum Gasteiger partial charge on any atom is 0.119 e. The average Bonchev–Trinajstić information content (AvgIpc) is 2.28. The fourth-order valence-electron chi connectivity index (χ4n) is 1.97. The van der Waals surface area contributed by atoms with Crippen LogP contribution < -0.4 is 10.5 Å². The highest BCUT2D eigenvalue weighted by atomic mass is 16.5. The van der Waals surface area contributed by atoms with E-state index in [0.717, 1.165) is 18.6 Å². The number of hydrogen-bond acceptors (Lipinski definition) is 2. The summed E-state index contributed by atoms with van der Waals surface area (Å²) in [5.41, 5.74) is 7.15. The minimum absolute atomic E-state index is 0.136. The fraction of sp³-hybridized carbons (Fsp3) is 0.600. The predicted molar refractivity (Wildman–Crippen MR) is 73.2 cm³/mol. The van der Waals surface area contributed by atoms with E-state index in [1.54, 1.807) is 0 Å². The van der Waals surface area contributed by atoms with Crippen LogP contribution >= 0.6 is 0 Å². The first kappa shape index (κ1) is 14.0. The van der Waals surface area contributed by atoms with Crippen LogP contribution in [0, 0.1) is 5.92 Å². The quantitative estimate of drug-likeness (QED) is 0.811. The van der Waals surface area contributed by atoms with Crippen molar-refractivity contribution in [3.05, 3.63) is 29.8 Å². The van der Waals surface area contributed by atoms with Gasteiger partial charge in [-0.05, 0) is 43.4 Å². The lowest BCUT2D eigenvalue weighted by Gasteiger charge is -2.17. The Balaban J connectivity index is 2.56. The maximum atomic E-state index is 5.97. The minimum Gasteiger partial charge on any atom is -0.491 e. The molecule has 1 aromatic rings. The SMILES string of the molecule is CC[C@H](N)c1ccc(OC(C)CC(C)C)cc1. The van der Waals surface area contributed by atoms with E-state index in [1.807, 2.05) is 12.1 Å². The molecule has 1 rings (SSSR count). The van der Waals surface area contributed by atoms with Crippen molar-refractivity contribution in [3.8, 4) is 5.75 Å². The normalized spacial score (nSPS) is 14.7. The Labute approximate surface area is 105 Å². The molecule has 2 nitrogen and oxygen atoms in total. The van der Waals surface area contributed by atoms with E-state index in [4.69, 9.17) is 10.5 Å². The van der Waals surface area contributed by atoms with Gasteiger partial charge in [0.05, 0.1) is 6.10 Å². The Morgan fingerprint density at radius 1 is 1.12 bits per heavy atom. The van der Waals surface area contributed by atoms with Gasteiger partial charge in [-0.15, -0.1) is 0 Å². The van der Waals surface area contributed by atoms with Gasteiger partial charge < -0.3 is 10.5 Å². The summed E-state index contributed by atoms with van der Waals surface area (Å²) in [6.45, 7) is 8.64. The molecule has 17 heavy (non-hydrogen) atoms. The molecule has 0 heterocycles. The molecule has 2 N–H and O–H groups in total. The lowest BCUT2D eigenvalue weighted by Crippen LogP contribution is -2.14. The van der Waals surface area contributed by atoms with Gasteiger partial charge in [0.2, 0.25) is 0 Å². The third-order valence-corrected chi connectivity index (χ3v) is 2.89. The van der Waals surface area contributed by atoms with E-state index < -0.39 is 0 Å². The summed E-state index contributed by atoms with van der Waals surface area (Å²) in [6.07, 6.45) is 2.31. The monoisotopic (exact) mass is 235 g/mol. The molecule has 0 spiro atoms. The van der Waals surface area contributed by atoms with Crippen LogP contribution in [0.25, 0.3) is 0 Å². The molecule has 1 aromatic carbocycles. The average molecular weight is 235 g/mol. The molecule has 96 valence electrons. The van der Waals surface area contributed by atoms with Crippen LogP contribution in [0.2, 0.25) is 0 Å². The second-order valence-corrected chi connectivity index (χ2v) is 5.14. The second kappa shape index (κ2) is 6.65. The van der Waals surface area contributed by atoms with Crippen LogP contribution in [0.4, 0.5) is 0 Å². The number of benzene rings is 1. The maximum absolute atomic E-state index is 5.97. The third-order valence-electron chi connectivity index (χ3n) is 2.89. The van der Waals surface area contributed by atoms with Crippen molar-refractivity contribution < 1.29 is 4.74 Å². The van der Waals surface area contributed by atoms with E-state index in [1.165, 1.54) is 5.56 Å². The smallest absolute Gasteiger partial charge is 0.119 e. The summed E-state index contributed by atoms with van der Waals surface area (Å²) < 4.78 is 5.85. The highest BCUT2D eigenvalue weighted by Gasteiger charge is 2.07. The first-order chi connectivity index (χ1) is 8.02. The van der Waals surface area contributed by atoms with Gasteiger partial charge in [0.15, 0.2) is 0 Å². The molecule has 0 bridgehead atoms. The first-order valence-corrected chi connectivity index (χ1v) is 6.55. The number of hydrogen-bond donors (Lipinski definition) is 1. The molecule has 0 saturated carbocycles. The lowest BCUT2D eigenvalue weighted by atomic mass is 10.1. The Kier molecular flexibility index (Phi) is 5.49. The lowest BCUT2D eigenvalue weighted by molar-refractivity contribution is 0.193. The minimum atomic E-state index is 0.136.